The van der Waals surface area contributed by atoms with Crippen molar-refractivity contribution in [3.8, 4) is 11.4 Å². The van der Waals surface area contributed by atoms with E-state index in [0.717, 1.165) is 9.47 Å². The Hall–Kier alpha value is -6.98. The monoisotopic (exact) mass is 867 g/mol. The minimum Gasteiger partial charge on any atom is -0.311 e. The molecule has 4 nitrogen and oxygen atoms in total. The Morgan fingerprint density at radius 2 is 0.969 bits per heavy atom. The minimum atomic E-state index is -1.90. The first-order valence-electron chi connectivity index (χ1n) is 34.3. The minimum absolute atomic E-state index is 0.0544. The third-order valence-corrected chi connectivity index (χ3v) is 12.5. The molecule has 0 amide bonds. The van der Waals surface area contributed by atoms with Crippen molar-refractivity contribution in [3.63, 3.8) is 0 Å². The molecule has 2 aromatic heterocycles. The van der Waals surface area contributed by atoms with Crippen LogP contribution in [0.15, 0.2) is 157 Å². The van der Waals surface area contributed by atoms with Gasteiger partial charge in [0, 0.05) is 50.0 Å². The summed E-state index contributed by atoms with van der Waals surface area (Å²) in [4.78, 5) is 2.18. The van der Waals surface area contributed by atoms with Gasteiger partial charge in [-0.1, -0.05) is 141 Å². The van der Waals surface area contributed by atoms with Gasteiger partial charge in [-0.05, 0) is 128 Å². The van der Waals surface area contributed by atoms with E-state index in [2.05, 4.69) is 0 Å². The average molecular weight is 867 g/mol. The molecule has 0 radical (unpaired) electrons. The summed E-state index contributed by atoms with van der Waals surface area (Å²) in [7, 11) is 0. The maximum Gasteiger partial charge on any atom is 0.252 e. The van der Waals surface area contributed by atoms with Crippen LogP contribution in [0.1, 0.15) is 115 Å². The highest BCUT2D eigenvalue weighted by Crippen LogP contribution is 2.53. The Balaban J connectivity index is 1.34. The maximum atomic E-state index is 10.9. The average Bonchev–Trinajstić information content (AvgIpc) is 1.64. The molecule has 5 heteroatoms. The van der Waals surface area contributed by atoms with Crippen molar-refractivity contribution < 1.29 is 35.6 Å². The molecular formula is C60H53BN4. The molecule has 0 bridgehead atoms. The van der Waals surface area contributed by atoms with E-state index in [9.17, 15) is 28.8 Å². The molecule has 0 N–H and O–H groups in total. The van der Waals surface area contributed by atoms with Crippen molar-refractivity contribution in [3.05, 3.63) is 174 Å². The molecular weight excluding hydrogens is 787 g/mol. The van der Waals surface area contributed by atoms with Gasteiger partial charge in [-0.3, -0.25) is 0 Å². The van der Waals surface area contributed by atoms with Gasteiger partial charge in [0.05, 0.1) is 74.8 Å². The second-order valence-electron chi connectivity index (χ2n) is 19.8. The van der Waals surface area contributed by atoms with Gasteiger partial charge in [-0.25, -0.2) is 0 Å². The van der Waals surface area contributed by atoms with E-state index in [1.165, 1.54) is 9.47 Å². The van der Waals surface area contributed by atoms with Gasteiger partial charge in [0.15, 0.2) is 0 Å². The van der Waals surface area contributed by atoms with Gasteiger partial charge in [0.2, 0.25) is 0 Å². The van der Waals surface area contributed by atoms with Crippen LogP contribution in [-0.2, 0) is 16.2 Å². The van der Waals surface area contributed by atoms with Crippen LogP contribution in [0.4, 0.5) is 34.1 Å². The SMILES string of the molecule is [2H]c1c([2H])c([2H])c(N2c3c([2H])c(-n4c5c([2H])c([2H])c(C(C)(C)C)c([2H])c5c5c([2H])c(C(C)(C)C)c([2H])c([2H])c54)c([2H])c([2H])c3B3c4c2c([2H])c(C(C)(C)C)c([2H])c4N2c4c3c([2H])c([2H])c([2H])c4-n3c4c([2H])c([2H])c([2H])c([2H])c4c4c([2H])c([2H])c([2H])c2c43)c([2H])c1[2H]. The predicted molar refractivity (Wildman–Crippen MR) is 279 cm³/mol. The molecule has 8 aromatic carbocycles. The second-order valence-corrected chi connectivity index (χ2v) is 19.8. The number of hydrogen-bond donors (Lipinski definition) is 0. The van der Waals surface area contributed by atoms with Crippen molar-refractivity contribution >= 4 is 101 Å². The van der Waals surface area contributed by atoms with E-state index in [1.54, 1.807) is 62.3 Å². The van der Waals surface area contributed by atoms with Crippen molar-refractivity contribution in [1.29, 1.82) is 0 Å². The van der Waals surface area contributed by atoms with Crippen LogP contribution in [0, 0.1) is 0 Å². The van der Waals surface area contributed by atoms with Crippen LogP contribution in [0.25, 0.3) is 55.0 Å². The van der Waals surface area contributed by atoms with Gasteiger partial charge in [-0.2, -0.15) is 0 Å². The van der Waals surface area contributed by atoms with Crippen molar-refractivity contribution in [2.75, 3.05) is 9.80 Å². The normalized spacial score (nSPS) is 19.7. The molecule has 0 fully saturated rings. The van der Waals surface area contributed by atoms with E-state index < -0.39 is 213 Å². The fourth-order valence-corrected chi connectivity index (χ4v) is 9.39. The number of para-hydroxylation sites is 4. The van der Waals surface area contributed by atoms with Crippen LogP contribution in [0.3, 0.4) is 0 Å². The van der Waals surface area contributed by atoms with Gasteiger partial charge >= 0.3 is 0 Å². The first-order chi connectivity index (χ1) is 42.0. The standard InChI is InChI=1S/C60H53BN4/c1-58(2,3)36-25-29-48-43(31-36)44-32-37(59(4,5)6)26-30-49(44)63(48)40-27-28-45-52(35-40)62(39-17-11-10-12-18-39)53-33-38(60(7,8)9)34-54-55(53)61(45)46-21-16-24-51-57(46)65(54)50-23-15-20-42-41-19-13-14-22-47(41)64(51)56(42)50/h10-35H,1-9H3/i10D,11D,12D,13D,14D,15D,16D,17D,18D,19D,20D,21D,22D,23D,24D,25D,26D,27D,28D,29D,30D,31D,32D,33D,34D,35D. The molecule has 3 aliphatic heterocycles. The lowest BCUT2D eigenvalue weighted by Gasteiger charge is -2.46. The van der Waals surface area contributed by atoms with Gasteiger partial charge in [0.1, 0.15) is 0 Å². The smallest absolute Gasteiger partial charge is 0.252 e. The topological polar surface area (TPSA) is 16.3 Å². The summed E-state index contributed by atoms with van der Waals surface area (Å²) in [5.74, 6) is 0. The molecule has 0 atom stereocenters. The third-order valence-electron chi connectivity index (χ3n) is 12.5. The lowest BCUT2D eigenvalue weighted by atomic mass is 9.33. The van der Waals surface area contributed by atoms with Gasteiger partial charge in [-0.15, -0.1) is 0 Å². The molecule has 0 aliphatic carbocycles. The van der Waals surface area contributed by atoms with Crippen LogP contribution >= 0.6 is 0 Å². The Bertz CT molecular complexity index is 5100. The van der Waals surface area contributed by atoms with Crippen molar-refractivity contribution in [2.24, 2.45) is 0 Å². The molecule has 0 saturated carbocycles. The lowest BCUT2D eigenvalue weighted by molar-refractivity contribution is 0.590. The Morgan fingerprint density at radius 1 is 0.385 bits per heavy atom. The first-order valence-corrected chi connectivity index (χ1v) is 21.3. The summed E-state index contributed by atoms with van der Waals surface area (Å²) in [6, 6.07) is -18.8. The van der Waals surface area contributed by atoms with E-state index >= 15 is 0 Å². The highest BCUT2D eigenvalue weighted by atomic mass is 15.2. The highest BCUT2D eigenvalue weighted by molar-refractivity contribution is 7.00. The quantitative estimate of drug-likeness (QED) is 0.161. The summed E-state index contributed by atoms with van der Waals surface area (Å²) < 4.78 is 255. The third kappa shape index (κ3) is 5.27. The molecule has 0 unspecified atom stereocenters. The van der Waals surface area contributed by atoms with Crippen LogP contribution in [0.5, 0.6) is 0 Å². The number of fused-ring (bicyclic) bond motifs is 12. The number of hydrogen-bond acceptors (Lipinski definition) is 2. The summed E-state index contributed by atoms with van der Waals surface area (Å²) in [6.45, 7) is 13.3. The van der Waals surface area contributed by atoms with Crippen molar-refractivity contribution in [2.45, 2.75) is 78.6 Å². The number of anilines is 6. The summed E-state index contributed by atoms with van der Waals surface area (Å²) in [5, 5.41) is -0.959. The zero-order chi connectivity index (χ0) is 67.1. The van der Waals surface area contributed by atoms with E-state index in [4.69, 9.17) is 6.85 Å². The van der Waals surface area contributed by atoms with Gasteiger partial charge < -0.3 is 18.9 Å². The number of nitrogens with zero attached hydrogens (tertiary/aromatic N) is 4. The summed E-state index contributed by atoms with van der Waals surface area (Å²) >= 11 is 0. The fraction of sp³-hybridized carbons (Fsp3) is 0.200. The Kier molecular flexibility index (Phi) is 4.05. The first kappa shape index (κ1) is 20.5. The van der Waals surface area contributed by atoms with Crippen LogP contribution < -0.4 is 26.2 Å². The molecule has 65 heavy (non-hydrogen) atoms. The second kappa shape index (κ2) is 12.8. The fourth-order valence-electron chi connectivity index (χ4n) is 9.39. The zero-order valence-corrected chi connectivity index (χ0v) is 36.9. The molecule has 5 heterocycles. The molecule has 13 rings (SSSR count). The summed E-state index contributed by atoms with van der Waals surface area (Å²) in [5.41, 5.74) is -9.96. The Labute approximate surface area is 419 Å². The highest BCUT2D eigenvalue weighted by Gasteiger charge is 2.46. The zero-order valence-electron chi connectivity index (χ0n) is 62.9. The largest absolute Gasteiger partial charge is 0.311 e. The molecule has 316 valence electrons. The van der Waals surface area contributed by atoms with Crippen LogP contribution in [0.2, 0.25) is 0 Å². The molecule has 10 aromatic rings. The van der Waals surface area contributed by atoms with E-state index in [-0.39, 0.29) is 89.3 Å². The summed E-state index contributed by atoms with van der Waals surface area (Å²) in [6.07, 6.45) is 0. The lowest BCUT2D eigenvalue weighted by Crippen LogP contribution is -2.62. The molecule has 0 spiro atoms. The van der Waals surface area contributed by atoms with Crippen LogP contribution in [-0.4, -0.2) is 15.8 Å². The number of rotatable bonds is 2. The maximum absolute atomic E-state index is 10.9. The van der Waals surface area contributed by atoms with Crippen molar-refractivity contribution in [1.82, 2.24) is 9.13 Å². The number of benzene rings is 8. The molecule has 0 saturated heterocycles. The van der Waals surface area contributed by atoms with Gasteiger partial charge in [0.25, 0.3) is 6.71 Å². The Morgan fingerprint density at radius 3 is 1.65 bits per heavy atom. The number of aromatic nitrogens is 2. The van der Waals surface area contributed by atoms with E-state index in [1.807, 2.05) is 0 Å². The molecule has 3 aliphatic rings. The van der Waals surface area contributed by atoms with E-state index in [0.29, 0.717) is 0 Å². The predicted octanol–water partition coefficient (Wildman–Crippen LogP) is 14.2.